The van der Waals surface area contributed by atoms with Crippen molar-refractivity contribution in [2.75, 3.05) is 25.2 Å². The minimum atomic E-state index is -3.69. The monoisotopic (exact) mass is 330 g/mol. The molecule has 0 saturated heterocycles. The van der Waals surface area contributed by atoms with Crippen LogP contribution in [0.15, 0.2) is 23.1 Å². The van der Waals surface area contributed by atoms with Gasteiger partial charge in [0.15, 0.2) is 9.84 Å². The predicted octanol–water partition coefficient (Wildman–Crippen LogP) is 2.47. The Kier molecular flexibility index (Phi) is 5.53. The average Bonchev–Trinajstić information content (AvgIpc) is 2.36. The van der Waals surface area contributed by atoms with Crippen molar-refractivity contribution in [2.24, 2.45) is 5.41 Å². The zero-order valence-electron chi connectivity index (χ0n) is 13.4. The molecule has 0 spiro atoms. The van der Waals surface area contributed by atoms with Crippen molar-refractivity contribution < 1.29 is 18.1 Å². The highest BCUT2D eigenvalue weighted by Gasteiger charge is 2.25. The third kappa shape index (κ3) is 4.67. The fourth-order valence-electron chi connectivity index (χ4n) is 2.03. The number of rotatable bonds is 6. The van der Waals surface area contributed by atoms with Crippen LogP contribution < -0.4 is 5.32 Å². The summed E-state index contributed by atoms with van der Waals surface area (Å²) in [7, 11) is -2.08. The van der Waals surface area contributed by atoms with E-state index in [9.17, 15) is 18.5 Å². The molecule has 1 N–H and O–H groups in total. The summed E-state index contributed by atoms with van der Waals surface area (Å²) in [4.78, 5) is 9.92. The number of nitro groups is 1. The fraction of sp³-hybridized carbons (Fsp3) is 0.571. The van der Waals surface area contributed by atoms with Crippen LogP contribution in [0.25, 0.3) is 0 Å². The lowest BCUT2D eigenvalue weighted by Crippen LogP contribution is -2.34. The summed E-state index contributed by atoms with van der Waals surface area (Å²) < 4.78 is 28.8. The summed E-state index contributed by atoms with van der Waals surface area (Å²) in [5, 5.41) is 14.0. The molecule has 1 atom stereocenters. The van der Waals surface area contributed by atoms with Gasteiger partial charge in [-0.1, -0.05) is 20.8 Å². The van der Waals surface area contributed by atoms with Crippen molar-refractivity contribution in [3.05, 3.63) is 28.3 Å². The zero-order chi connectivity index (χ0) is 17.1. The maximum absolute atomic E-state index is 11.7. The molecular weight excluding hydrogens is 308 g/mol. The van der Waals surface area contributed by atoms with Crippen LogP contribution >= 0.6 is 0 Å². The number of nitrogens with one attached hydrogen (secondary N) is 1. The van der Waals surface area contributed by atoms with Crippen LogP contribution in [-0.4, -0.2) is 39.4 Å². The third-order valence-corrected chi connectivity index (χ3v) is 4.42. The van der Waals surface area contributed by atoms with Gasteiger partial charge in [-0.3, -0.25) is 10.1 Å². The summed E-state index contributed by atoms with van der Waals surface area (Å²) >= 11 is 0. The molecule has 0 radical (unpaired) electrons. The van der Waals surface area contributed by atoms with E-state index in [4.69, 9.17) is 4.74 Å². The lowest BCUT2D eigenvalue weighted by atomic mass is 9.89. The average molecular weight is 330 g/mol. The number of benzene rings is 1. The molecule has 0 heterocycles. The Morgan fingerprint density at radius 3 is 2.36 bits per heavy atom. The number of hydrogen-bond acceptors (Lipinski definition) is 6. The Bertz CT molecular complexity index is 650. The van der Waals surface area contributed by atoms with Crippen LogP contribution in [0.1, 0.15) is 20.8 Å². The number of methoxy groups -OCH3 is 1. The van der Waals surface area contributed by atoms with Gasteiger partial charge in [-0.15, -0.1) is 0 Å². The topological polar surface area (TPSA) is 98.5 Å². The van der Waals surface area contributed by atoms with Crippen molar-refractivity contribution in [1.29, 1.82) is 0 Å². The summed E-state index contributed by atoms with van der Waals surface area (Å²) in [6.45, 7) is 6.54. The zero-order valence-corrected chi connectivity index (χ0v) is 14.2. The molecule has 0 aliphatic carbocycles. The fourth-order valence-corrected chi connectivity index (χ4v) is 2.89. The molecule has 1 aromatic carbocycles. The van der Waals surface area contributed by atoms with E-state index in [1.54, 1.807) is 7.11 Å². The molecule has 1 unspecified atom stereocenters. The Labute approximate surface area is 130 Å². The van der Waals surface area contributed by atoms with Gasteiger partial charge in [0.2, 0.25) is 0 Å². The van der Waals surface area contributed by atoms with E-state index in [0.29, 0.717) is 12.2 Å². The van der Waals surface area contributed by atoms with Gasteiger partial charge in [0.05, 0.1) is 11.0 Å². The second-order valence-electron chi connectivity index (χ2n) is 6.18. The van der Waals surface area contributed by atoms with Gasteiger partial charge in [-0.2, -0.15) is 0 Å². The van der Waals surface area contributed by atoms with Gasteiger partial charge in [0.25, 0.3) is 5.69 Å². The van der Waals surface area contributed by atoms with E-state index in [2.05, 4.69) is 5.32 Å². The highest BCUT2D eigenvalue weighted by molar-refractivity contribution is 7.90. The minimum Gasteiger partial charge on any atom is -0.382 e. The van der Waals surface area contributed by atoms with Gasteiger partial charge >= 0.3 is 0 Å². The molecule has 7 nitrogen and oxygen atoms in total. The summed E-state index contributed by atoms with van der Waals surface area (Å²) in [5.41, 5.74) is -0.0214. The normalized spacial score (nSPS) is 13.7. The molecule has 0 fully saturated rings. The molecule has 0 bridgehead atoms. The van der Waals surface area contributed by atoms with Crippen LogP contribution in [0, 0.1) is 15.5 Å². The van der Waals surface area contributed by atoms with E-state index in [1.807, 2.05) is 20.8 Å². The van der Waals surface area contributed by atoms with Crippen LogP contribution in [0.4, 0.5) is 11.4 Å². The number of nitrogens with zero attached hydrogens (tertiary/aromatic N) is 1. The molecule has 0 aromatic heterocycles. The molecule has 0 aliphatic heterocycles. The standard InChI is InChI=1S/C14H22N2O5S/c1-14(2,3)13(21-4)9-15-10-6-7-11(16(17)18)12(8-10)22(5,19)20/h6-8,13,15H,9H2,1-5H3. The first-order chi connectivity index (χ1) is 9.96. The van der Waals surface area contributed by atoms with E-state index >= 15 is 0 Å². The van der Waals surface area contributed by atoms with Crippen molar-refractivity contribution in [3.63, 3.8) is 0 Å². The molecule has 0 saturated carbocycles. The molecule has 22 heavy (non-hydrogen) atoms. The van der Waals surface area contributed by atoms with E-state index in [1.165, 1.54) is 18.2 Å². The highest BCUT2D eigenvalue weighted by atomic mass is 32.2. The molecule has 8 heteroatoms. The van der Waals surface area contributed by atoms with Gasteiger partial charge in [-0.25, -0.2) is 8.42 Å². The van der Waals surface area contributed by atoms with Crippen LogP contribution in [0.2, 0.25) is 0 Å². The SMILES string of the molecule is COC(CNc1ccc([N+](=O)[O-])c(S(C)(=O)=O)c1)C(C)(C)C. The van der Waals surface area contributed by atoms with Crippen molar-refractivity contribution in [3.8, 4) is 0 Å². The molecule has 0 aliphatic rings. The Morgan fingerprint density at radius 1 is 1.36 bits per heavy atom. The Hall–Kier alpha value is -1.67. The highest BCUT2D eigenvalue weighted by Crippen LogP contribution is 2.28. The smallest absolute Gasteiger partial charge is 0.288 e. The molecule has 1 aromatic rings. The van der Waals surface area contributed by atoms with E-state index in [0.717, 1.165) is 6.26 Å². The van der Waals surface area contributed by atoms with E-state index < -0.39 is 20.4 Å². The molecule has 124 valence electrons. The lowest BCUT2D eigenvalue weighted by Gasteiger charge is -2.29. The predicted molar refractivity (Wildman–Crippen MR) is 84.9 cm³/mol. The molecular formula is C14H22N2O5S. The van der Waals surface area contributed by atoms with Gasteiger partial charge < -0.3 is 10.1 Å². The van der Waals surface area contributed by atoms with E-state index in [-0.39, 0.29) is 16.4 Å². The van der Waals surface area contributed by atoms with Gasteiger partial charge in [0, 0.05) is 31.7 Å². The number of sulfone groups is 1. The van der Waals surface area contributed by atoms with Crippen LogP contribution in [0.5, 0.6) is 0 Å². The van der Waals surface area contributed by atoms with Gasteiger partial charge in [-0.05, 0) is 17.5 Å². The first-order valence-corrected chi connectivity index (χ1v) is 8.61. The number of nitro benzene ring substituents is 1. The largest absolute Gasteiger partial charge is 0.382 e. The Balaban J connectivity index is 3.06. The lowest BCUT2D eigenvalue weighted by molar-refractivity contribution is -0.387. The number of hydrogen-bond donors (Lipinski definition) is 1. The van der Waals surface area contributed by atoms with Gasteiger partial charge in [0.1, 0.15) is 4.90 Å². The van der Waals surface area contributed by atoms with Crippen LogP contribution in [0.3, 0.4) is 0 Å². The van der Waals surface area contributed by atoms with Crippen molar-refractivity contribution in [2.45, 2.75) is 31.8 Å². The summed E-state index contributed by atoms with van der Waals surface area (Å²) in [6.07, 6.45) is 0.857. The molecule has 0 amide bonds. The summed E-state index contributed by atoms with van der Waals surface area (Å²) in [6, 6.07) is 3.96. The molecule has 1 rings (SSSR count). The second kappa shape index (κ2) is 6.62. The second-order valence-corrected chi connectivity index (χ2v) is 8.17. The maximum atomic E-state index is 11.7. The third-order valence-electron chi connectivity index (χ3n) is 3.30. The minimum absolute atomic E-state index is 0.0932. The first-order valence-electron chi connectivity index (χ1n) is 6.72. The quantitative estimate of drug-likeness (QED) is 0.635. The Morgan fingerprint density at radius 2 is 1.95 bits per heavy atom. The number of anilines is 1. The van der Waals surface area contributed by atoms with Crippen LogP contribution in [-0.2, 0) is 14.6 Å². The van der Waals surface area contributed by atoms with Crippen molar-refractivity contribution >= 4 is 21.2 Å². The maximum Gasteiger partial charge on any atom is 0.288 e. The van der Waals surface area contributed by atoms with Crippen molar-refractivity contribution in [1.82, 2.24) is 0 Å². The first kappa shape index (κ1) is 18.4. The number of ether oxygens (including phenoxy) is 1. The summed E-state index contributed by atoms with van der Waals surface area (Å²) in [5.74, 6) is 0.